The first-order valence-electron chi connectivity index (χ1n) is 12.9. The standard InChI is InChI=1S/C30H33FN4O2/c1-18-11-26(19(2)10-22(18)15-33-14-21-6-8-32-9-7-21)25-5-4-24(12-29(25)31)35-17-23(16-34-20(3)36)27-13-28(27)30(35)37/h4-12,23,27-28,33H,13-17H2,1-3H3,(H,34,36)/t23-,27+,28?/m0/s1. The maximum absolute atomic E-state index is 15.5. The Morgan fingerprint density at radius 2 is 1.84 bits per heavy atom. The molecule has 3 atom stereocenters. The Hall–Kier alpha value is -3.58. The molecule has 37 heavy (non-hydrogen) atoms. The first-order chi connectivity index (χ1) is 17.8. The summed E-state index contributed by atoms with van der Waals surface area (Å²) in [5, 5.41) is 6.35. The number of benzene rings is 2. The van der Waals surface area contributed by atoms with Crippen molar-refractivity contribution in [3.05, 3.63) is 82.9 Å². The van der Waals surface area contributed by atoms with Gasteiger partial charge in [0.05, 0.1) is 0 Å². The number of nitrogens with zero attached hydrogens (tertiary/aromatic N) is 2. The number of piperidine rings is 1. The summed E-state index contributed by atoms with van der Waals surface area (Å²) in [5.74, 6) is 0.152. The van der Waals surface area contributed by atoms with Gasteiger partial charge in [0.15, 0.2) is 0 Å². The number of carbonyl (C=O) groups excluding carboxylic acids is 2. The van der Waals surface area contributed by atoms with E-state index in [4.69, 9.17) is 0 Å². The normalized spacial score (nSPS) is 20.5. The van der Waals surface area contributed by atoms with Gasteiger partial charge in [0.1, 0.15) is 5.82 Å². The average Bonchev–Trinajstić information content (AvgIpc) is 3.68. The van der Waals surface area contributed by atoms with Gasteiger partial charge in [0, 0.05) is 62.7 Å². The lowest BCUT2D eigenvalue weighted by Gasteiger charge is -2.32. The van der Waals surface area contributed by atoms with Crippen LogP contribution in [-0.2, 0) is 22.7 Å². The minimum atomic E-state index is -0.340. The average molecular weight is 501 g/mol. The molecular formula is C30H33FN4O2. The second-order valence-electron chi connectivity index (χ2n) is 10.4. The molecule has 0 radical (unpaired) electrons. The zero-order valence-corrected chi connectivity index (χ0v) is 21.6. The maximum Gasteiger partial charge on any atom is 0.230 e. The second-order valence-corrected chi connectivity index (χ2v) is 10.4. The summed E-state index contributed by atoms with van der Waals surface area (Å²) in [7, 11) is 0. The minimum absolute atomic E-state index is 0.0140. The highest BCUT2D eigenvalue weighted by atomic mass is 19.1. The summed E-state index contributed by atoms with van der Waals surface area (Å²) >= 11 is 0. The molecule has 2 heterocycles. The van der Waals surface area contributed by atoms with Gasteiger partial charge >= 0.3 is 0 Å². The van der Waals surface area contributed by atoms with Crippen LogP contribution in [0.5, 0.6) is 0 Å². The molecule has 2 aromatic carbocycles. The van der Waals surface area contributed by atoms with Crippen molar-refractivity contribution < 1.29 is 14.0 Å². The molecule has 1 saturated heterocycles. The van der Waals surface area contributed by atoms with Gasteiger partial charge in [0.25, 0.3) is 0 Å². The fraction of sp³-hybridized carbons (Fsp3) is 0.367. The highest BCUT2D eigenvalue weighted by Gasteiger charge is 2.53. The van der Waals surface area contributed by atoms with Gasteiger partial charge in [-0.1, -0.05) is 12.1 Å². The quantitative estimate of drug-likeness (QED) is 0.477. The van der Waals surface area contributed by atoms with Crippen LogP contribution in [0.1, 0.15) is 35.6 Å². The number of hydrogen-bond acceptors (Lipinski definition) is 4. The van der Waals surface area contributed by atoms with Crippen LogP contribution in [0, 0.1) is 37.4 Å². The van der Waals surface area contributed by atoms with Crippen LogP contribution in [0.4, 0.5) is 10.1 Å². The lowest BCUT2D eigenvalue weighted by Crippen LogP contribution is -2.45. The van der Waals surface area contributed by atoms with Crippen molar-refractivity contribution in [2.45, 2.75) is 40.3 Å². The van der Waals surface area contributed by atoms with Crippen LogP contribution in [0.3, 0.4) is 0 Å². The van der Waals surface area contributed by atoms with E-state index in [1.165, 1.54) is 24.1 Å². The van der Waals surface area contributed by atoms with E-state index in [0.717, 1.165) is 36.2 Å². The number of carbonyl (C=O) groups is 2. The largest absolute Gasteiger partial charge is 0.356 e. The second kappa shape index (κ2) is 10.4. The fourth-order valence-corrected chi connectivity index (χ4v) is 5.49. The zero-order valence-electron chi connectivity index (χ0n) is 21.6. The van der Waals surface area contributed by atoms with Crippen molar-refractivity contribution in [3.8, 4) is 11.1 Å². The summed E-state index contributed by atoms with van der Waals surface area (Å²) in [6.07, 6.45) is 4.42. The molecule has 1 aromatic heterocycles. The van der Waals surface area contributed by atoms with Gasteiger partial charge in [-0.2, -0.15) is 0 Å². The zero-order chi connectivity index (χ0) is 26.1. The van der Waals surface area contributed by atoms with Crippen molar-refractivity contribution in [1.29, 1.82) is 0 Å². The third-order valence-corrected chi connectivity index (χ3v) is 7.69. The van der Waals surface area contributed by atoms with Gasteiger partial charge in [-0.25, -0.2) is 4.39 Å². The number of nitrogens with one attached hydrogen (secondary N) is 2. The molecule has 192 valence electrons. The fourth-order valence-electron chi connectivity index (χ4n) is 5.49. The Kier molecular flexibility index (Phi) is 7.07. The van der Waals surface area contributed by atoms with E-state index in [1.807, 2.05) is 38.1 Å². The van der Waals surface area contributed by atoms with Crippen molar-refractivity contribution in [1.82, 2.24) is 15.6 Å². The predicted octanol–water partition coefficient (Wildman–Crippen LogP) is 4.53. The number of pyridine rings is 1. The maximum atomic E-state index is 15.5. The van der Waals surface area contributed by atoms with E-state index in [2.05, 4.69) is 21.7 Å². The Balaban J connectivity index is 1.31. The van der Waals surface area contributed by atoms with Crippen LogP contribution in [-0.4, -0.2) is 29.9 Å². The number of anilines is 1. The summed E-state index contributed by atoms with van der Waals surface area (Å²) in [6, 6.07) is 13.2. The van der Waals surface area contributed by atoms with Crippen molar-refractivity contribution in [2.75, 3.05) is 18.0 Å². The number of rotatable bonds is 8. The van der Waals surface area contributed by atoms with Gasteiger partial charge < -0.3 is 15.5 Å². The monoisotopic (exact) mass is 500 g/mol. The van der Waals surface area contributed by atoms with E-state index in [9.17, 15) is 9.59 Å². The highest BCUT2D eigenvalue weighted by Crippen LogP contribution is 2.50. The molecule has 2 amide bonds. The lowest BCUT2D eigenvalue weighted by molar-refractivity contribution is -0.121. The van der Waals surface area contributed by atoms with Gasteiger partial charge in [-0.15, -0.1) is 0 Å². The lowest BCUT2D eigenvalue weighted by atomic mass is 9.93. The third-order valence-electron chi connectivity index (χ3n) is 7.69. The number of halogens is 1. The number of fused-ring (bicyclic) bond motifs is 1. The molecule has 1 saturated carbocycles. The summed E-state index contributed by atoms with van der Waals surface area (Å²) < 4.78 is 15.5. The number of aromatic nitrogens is 1. The number of aryl methyl sites for hydroxylation is 2. The van der Waals surface area contributed by atoms with Crippen molar-refractivity contribution >= 4 is 17.5 Å². The molecule has 6 nitrogen and oxygen atoms in total. The van der Waals surface area contributed by atoms with Crippen LogP contribution >= 0.6 is 0 Å². The van der Waals surface area contributed by atoms with Crippen LogP contribution in [0.2, 0.25) is 0 Å². The molecule has 1 unspecified atom stereocenters. The van der Waals surface area contributed by atoms with Crippen molar-refractivity contribution in [2.24, 2.45) is 17.8 Å². The minimum Gasteiger partial charge on any atom is -0.356 e. The Labute approximate surface area is 217 Å². The summed E-state index contributed by atoms with van der Waals surface area (Å²) in [6.45, 7) is 8.06. The summed E-state index contributed by atoms with van der Waals surface area (Å²) in [5.41, 5.74) is 6.42. The van der Waals surface area contributed by atoms with Crippen molar-refractivity contribution in [3.63, 3.8) is 0 Å². The third kappa shape index (κ3) is 5.42. The molecule has 2 aliphatic rings. The Morgan fingerprint density at radius 1 is 1.05 bits per heavy atom. The van der Waals surface area contributed by atoms with E-state index in [-0.39, 0.29) is 29.5 Å². The number of amides is 2. The van der Waals surface area contributed by atoms with Crippen LogP contribution in [0.15, 0.2) is 54.9 Å². The van der Waals surface area contributed by atoms with Crippen LogP contribution < -0.4 is 15.5 Å². The van der Waals surface area contributed by atoms with Crippen LogP contribution in [0.25, 0.3) is 11.1 Å². The molecule has 1 aliphatic carbocycles. The molecule has 2 fully saturated rings. The van der Waals surface area contributed by atoms with E-state index < -0.39 is 0 Å². The Morgan fingerprint density at radius 3 is 2.57 bits per heavy atom. The SMILES string of the molecule is CC(=O)NC[C@H]1CN(c2ccc(-c3cc(C)c(CNCc4ccncc4)cc3C)c(F)c2)C(=O)C2C[C@@H]21. The first kappa shape index (κ1) is 25.1. The van der Waals surface area contributed by atoms with Gasteiger partial charge in [-0.05, 0) is 90.3 Å². The molecule has 7 heteroatoms. The smallest absolute Gasteiger partial charge is 0.230 e. The molecule has 0 spiro atoms. The molecule has 2 N–H and O–H groups in total. The number of hydrogen-bond donors (Lipinski definition) is 2. The summed E-state index contributed by atoms with van der Waals surface area (Å²) in [4.78, 5) is 30.1. The molecule has 5 rings (SSSR count). The van der Waals surface area contributed by atoms with E-state index in [1.54, 1.807) is 23.4 Å². The highest BCUT2D eigenvalue weighted by molar-refractivity contribution is 5.98. The molecular weight excluding hydrogens is 467 g/mol. The predicted molar refractivity (Wildman–Crippen MR) is 142 cm³/mol. The first-order valence-corrected chi connectivity index (χ1v) is 12.9. The molecule has 0 bridgehead atoms. The topological polar surface area (TPSA) is 74.3 Å². The Bertz CT molecular complexity index is 1330. The van der Waals surface area contributed by atoms with Gasteiger partial charge in [0.2, 0.25) is 11.8 Å². The molecule has 3 aromatic rings. The molecule has 1 aliphatic heterocycles. The van der Waals surface area contributed by atoms with E-state index >= 15 is 4.39 Å². The van der Waals surface area contributed by atoms with Gasteiger partial charge in [-0.3, -0.25) is 14.6 Å². The van der Waals surface area contributed by atoms with E-state index in [0.29, 0.717) is 30.3 Å².